The highest BCUT2D eigenvalue weighted by Crippen LogP contribution is 2.27. The van der Waals surface area contributed by atoms with Crippen molar-refractivity contribution in [2.45, 2.75) is 19.0 Å². The van der Waals surface area contributed by atoms with Crippen molar-refractivity contribution in [1.29, 1.82) is 0 Å². The van der Waals surface area contributed by atoms with Gasteiger partial charge in [-0.2, -0.15) is 5.10 Å². The minimum Gasteiger partial charge on any atom is -0.326 e. The fourth-order valence-electron chi connectivity index (χ4n) is 2.57. The van der Waals surface area contributed by atoms with E-state index in [1.54, 1.807) is 0 Å². The van der Waals surface area contributed by atoms with Crippen LogP contribution in [0.2, 0.25) is 5.02 Å². The topological polar surface area (TPSA) is 43.8 Å². The molecule has 0 aliphatic carbocycles. The summed E-state index contributed by atoms with van der Waals surface area (Å²) in [5.41, 5.74) is 8.35. The van der Waals surface area contributed by atoms with Crippen LogP contribution in [0.1, 0.15) is 18.5 Å². The largest absolute Gasteiger partial charge is 0.326 e. The number of nitrogens with two attached hydrogens (primary N) is 1. The molecule has 20 heavy (non-hydrogen) atoms. The Morgan fingerprint density at radius 1 is 1.15 bits per heavy atom. The molecule has 0 fully saturated rings. The Kier molecular flexibility index (Phi) is 3.47. The lowest BCUT2D eigenvalue weighted by molar-refractivity contribution is 0.466. The molecule has 0 aliphatic rings. The average molecular weight is 286 g/mol. The van der Waals surface area contributed by atoms with Crippen LogP contribution >= 0.6 is 11.6 Å². The normalized spacial score (nSPS) is 14.3. The average Bonchev–Trinajstić information content (AvgIpc) is 2.83. The first-order valence-electron chi connectivity index (χ1n) is 6.60. The molecule has 3 aromatic rings. The third-order valence-electron chi connectivity index (χ3n) is 3.46. The van der Waals surface area contributed by atoms with Crippen molar-refractivity contribution in [2.24, 2.45) is 5.73 Å². The van der Waals surface area contributed by atoms with Gasteiger partial charge in [0.25, 0.3) is 0 Å². The van der Waals surface area contributed by atoms with Crippen LogP contribution in [0.4, 0.5) is 0 Å². The highest BCUT2D eigenvalue weighted by atomic mass is 35.5. The fraction of sp³-hybridized carbons (Fsp3) is 0.188. The van der Waals surface area contributed by atoms with Gasteiger partial charge in [-0.25, -0.2) is 0 Å². The molecule has 1 aromatic heterocycles. The standard InChI is InChI=1S/C16H16ClN3/c1-11(18)16(12-6-4-7-14(17)9-12)20-15-8-3-2-5-13(15)10-19-20/h2-11,16H,18H2,1H3. The van der Waals surface area contributed by atoms with E-state index in [9.17, 15) is 0 Å². The lowest BCUT2D eigenvalue weighted by Crippen LogP contribution is -2.30. The Hall–Kier alpha value is -1.84. The molecular weight excluding hydrogens is 270 g/mol. The van der Waals surface area contributed by atoms with Crippen molar-refractivity contribution in [3.63, 3.8) is 0 Å². The monoisotopic (exact) mass is 285 g/mol. The van der Waals surface area contributed by atoms with E-state index >= 15 is 0 Å². The summed E-state index contributed by atoms with van der Waals surface area (Å²) in [6.45, 7) is 1.99. The first-order chi connectivity index (χ1) is 9.66. The number of benzene rings is 2. The van der Waals surface area contributed by atoms with E-state index in [1.165, 1.54) is 0 Å². The van der Waals surface area contributed by atoms with Gasteiger partial charge in [-0.15, -0.1) is 0 Å². The predicted molar refractivity (Wildman–Crippen MR) is 83.0 cm³/mol. The number of hydrogen-bond acceptors (Lipinski definition) is 2. The first kappa shape index (κ1) is 13.2. The second kappa shape index (κ2) is 5.27. The van der Waals surface area contributed by atoms with Gasteiger partial charge in [-0.05, 0) is 30.7 Å². The van der Waals surface area contributed by atoms with Crippen molar-refractivity contribution in [2.75, 3.05) is 0 Å². The van der Waals surface area contributed by atoms with Crippen LogP contribution in [-0.2, 0) is 0 Å². The number of rotatable bonds is 3. The molecule has 2 N–H and O–H groups in total. The van der Waals surface area contributed by atoms with E-state index in [1.807, 2.05) is 54.2 Å². The highest BCUT2D eigenvalue weighted by Gasteiger charge is 2.21. The van der Waals surface area contributed by atoms with Crippen molar-refractivity contribution < 1.29 is 0 Å². The van der Waals surface area contributed by atoms with Gasteiger partial charge in [-0.1, -0.05) is 41.9 Å². The molecule has 102 valence electrons. The highest BCUT2D eigenvalue weighted by molar-refractivity contribution is 6.30. The third kappa shape index (κ3) is 2.30. The zero-order valence-electron chi connectivity index (χ0n) is 11.2. The molecular formula is C16H16ClN3. The molecule has 4 heteroatoms. The number of halogens is 1. The second-order valence-corrected chi connectivity index (χ2v) is 5.44. The van der Waals surface area contributed by atoms with Gasteiger partial charge in [0.1, 0.15) is 0 Å². The number of aromatic nitrogens is 2. The number of para-hydroxylation sites is 1. The fourth-order valence-corrected chi connectivity index (χ4v) is 2.77. The quantitative estimate of drug-likeness (QED) is 0.799. The summed E-state index contributed by atoms with van der Waals surface area (Å²) in [4.78, 5) is 0. The van der Waals surface area contributed by atoms with E-state index in [-0.39, 0.29) is 12.1 Å². The minimum atomic E-state index is -0.0724. The zero-order chi connectivity index (χ0) is 14.1. The molecule has 0 saturated carbocycles. The molecule has 0 bridgehead atoms. The molecule has 0 saturated heterocycles. The SMILES string of the molecule is CC(N)C(c1cccc(Cl)c1)n1ncc2ccccc21. The summed E-state index contributed by atoms with van der Waals surface area (Å²) in [6.07, 6.45) is 1.87. The van der Waals surface area contributed by atoms with E-state index < -0.39 is 0 Å². The van der Waals surface area contributed by atoms with Gasteiger partial charge < -0.3 is 5.73 Å². The summed E-state index contributed by atoms with van der Waals surface area (Å²) in [6, 6.07) is 15.8. The van der Waals surface area contributed by atoms with E-state index in [4.69, 9.17) is 17.3 Å². The van der Waals surface area contributed by atoms with Crippen LogP contribution in [0.5, 0.6) is 0 Å². The Balaban J connectivity index is 2.16. The van der Waals surface area contributed by atoms with Crippen LogP contribution in [-0.4, -0.2) is 15.8 Å². The van der Waals surface area contributed by atoms with Crippen LogP contribution in [0.25, 0.3) is 10.9 Å². The van der Waals surface area contributed by atoms with Gasteiger partial charge in [0.15, 0.2) is 0 Å². The first-order valence-corrected chi connectivity index (χ1v) is 6.98. The Bertz CT molecular complexity index is 733. The summed E-state index contributed by atoms with van der Waals surface area (Å²) in [5, 5.41) is 6.34. The molecule has 0 amide bonds. The predicted octanol–water partition coefficient (Wildman–Crippen LogP) is 3.63. The molecule has 2 atom stereocenters. The lowest BCUT2D eigenvalue weighted by atomic mass is 10.0. The number of fused-ring (bicyclic) bond motifs is 1. The number of hydrogen-bond donors (Lipinski definition) is 1. The molecule has 2 aromatic carbocycles. The van der Waals surface area contributed by atoms with Crippen LogP contribution < -0.4 is 5.73 Å². The van der Waals surface area contributed by atoms with E-state index in [0.717, 1.165) is 16.5 Å². The van der Waals surface area contributed by atoms with Gasteiger partial charge in [0.2, 0.25) is 0 Å². The van der Waals surface area contributed by atoms with Gasteiger partial charge >= 0.3 is 0 Å². The smallest absolute Gasteiger partial charge is 0.0924 e. The van der Waals surface area contributed by atoms with Gasteiger partial charge in [-0.3, -0.25) is 4.68 Å². The molecule has 0 spiro atoms. The van der Waals surface area contributed by atoms with Crippen LogP contribution in [0, 0.1) is 0 Å². The minimum absolute atomic E-state index is 0.0337. The van der Waals surface area contributed by atoms with Crippen molar-refractivity contribution in [1.82, 2.24) is 9.78 Å². The summed E-state index contributed by atoms with van der Waals surface area (Å²) in [5.74, 6) is 0. The maximum absolute atomic E-state index is 6.20. The van der Waals surface area contributed by atoms with Gasteiger partial charge in [0.05, 0.1) is 17.8 Å². The third-order valence-corrected chi connectivity index (χ3v) is 3.69. The Morgan fingerprint density at radius 3 is 2.70 bits per heavy atom. The van der Waals surface area contributed by atoms with Crippen LogP contribution in [0.15, 0.2) is 54.7 Å². The number of nitrogens with zero attached hydrogens (tertiary/aromatic N) is 2. The maximum atomic E-state index is 6.20. The zero-order valence-corrected chi connectivity index (χ0v) is 12.0. The molecule has 0 radical (unpaired) electrons. The summed E-state index contributed by atoms with van der Waals surface area (Å²) in [7, 11) is 0. The Morgan fingerprint density at radius 2 is 1.95 bits per heavy atom. The van der Waals surface area contributed by atoms with Crippen molar-refractivity contribution in [3.05, 3.63) is 65.3 Å². The van der Waals surface area contributed by atoms with Crippen LogP contribution in [0.3, 0.4) is 0 Å². The molecule has 3 nitrogen and oxygen atoms in total. The molecule has 3 rings (SSSR count). The lowest BCUT2D eigenvalue weighted by Gasteiger charge is -2.23. The maximum Gasteiger partial charge on any atom is 0.0924 e. The molecule has 2 unspecified atom stereocenters. The molecule has 1 heterocycles. The van der Waals surface area contributed by atoms with Crippen molar-refractivity contribution >= 4 is 22.5 Å². The van der Waals surface area contributed by atoms with Crippen molar-refractivity contribution in [3.8, 4) is 0 Å². The Labute approximate surface area is 123 Å². The van der Waals surface area contributed by atoms with Gasteiger partial charge in [0, 0.05) is 16.5 Å². The summed E-state index contributed by atoms with van der Waals surface area (Å²) < 4.78 is 1.98. The summed E-state index contributed by atoms with van der Waals surface area (Å²) >= 11 is 6.10. The molecule has 0 aliphatic heterocycles. The second-order valence-electron chi connectivity index (χ2n) is 5.01. The van der Waals surface area contributed by atoms with E-state index in [0.29, 0.717) is 5.02 Å². The van der Waals surface area contributed by atoms with E-state index in [2.05, 4.69) is 17.2 Å².